The molecule has 17 heavy (non-hydrogen) atoms. The molecule has 6 nitrogen and oxygen atoms in total. The Kier molecular flexibility index (Phi) is 2.49. The first-order valence-electron chi connectivity index (χ1n) is 5.67. The first-order chi connectivity index (χ1) is 8.34. The summed E-state index contributed by atoms with van der Waals surface area (Å²) in [7, 11) is 0. The average Bonchev–Trinajstić information content (AvgIpc) is 2.39. The maximum absolute atomic E-state index is 5.59. The van der Waals surface area contributed by atoms with E-state index in [1.165, 1.54) is 0 Å². The van der Waals surface area contributed by atoms with E-state index in [1.54, 1.807) is 12.4 Å². The maximum Gasteiger partial charge on any atom is 0.220 e. The normalized spacial score (nSPS) is 16.4. The highest BCUT2D eigenvalue weighted by atomic mass is 15.2. The number of nitrogen functional groups attached to an aromatic ring is 1. The number of nitrogens with one attached hydrogen (secondary N) is 1. The summed E-state index contributed by atoms with van der Waals surface area (Å²) >= 11 is 0. The van der Waals surface area contributed by atoms with Crippen LogP contribution in [0.4, 0.5) is 11.8 Å². The predicted octanol–water partition coefficient (Wildman–Crippen LogP) is 0.0166. The summed E-state index contributed by atoms with van der Waals surface area (Å²) in [5.74, 6) is 1.25. The van der Waals surface area contributed by atoms with Crippen LogP contribution in [0.1, 0.15) is 0 Å². The first-order valence-corrected chi connectivity index (χ1v) is 5.67. The van der Waals surface area contributed by atoms with Crippen molar-refractivity contribution < 1.29 is 0 Å². The summed E-state index contributed by atoms with van der Waals surface area (Å²) in [5.41, 5.74) is 6.43. The highest BCUT2D eigenvalue weighted by Crippen LogP contribution is 2.22. The van der Waals surface area contributed by atoms with Gasteiger partial charge in [-0.15, -0.1) is 0 Å². The summed E-state index contributed by atoms with van der Waals surface area (Å²) in [6, 6.07) is 1.86. The van der Waals surface area contributed by atoms with Gasteiger partial charge in [-0.05, 0) is 6.07 Å². The third-order valence-electron chi connectivity index (χ3n) is 2.92. The van der Waals surface area contributed by atoms with Gasteiger partial charge in [0, 0.05) is 38.6 Å². The molecule has 0 aromatic carbocycles. The minimum atomic E-state index is 0.301. The number of hydrogen-bond donors (Lipinski definition) is 2. The molecular weight excluding hydrogens is 216 g/mol. The fourth-order valence-electron chi connectivity index (χ4n) is 2.09. The van der Waals surface area contributed by atoms with Crippen LogP contribution >= 0.6 is 0 Å². The molecule has 3 N–H and O–H groups in total. The van der Waals surface area contributed by atoms with E-state index in [-0.39, 0.29) is 0 Å². The predicted molar refractivity (Wildman–Crippen MR) is 66.8 cm³/mol. The van der Waals surface area contributed by atoms with Crippen LogP contribution in [-0.2, 0) is 0 Å². The molecule has 6 heteroatoms. The summed E-state index contributed by atoms with van der Waals surface area (Å²) in [6.45, 7) is 3.87. The van der Waals surface area contributed by atoms with Gasteiger partial charge in [-0.1, -0.05) is 0 Å². The highest BCUT2D eigenvalue weighted by molar-refractivity contribution is 5.89. The lowest BCUT2D eigenvalue weighted by Crippen LogP contribution is -2.44. The van der Waals surface area contributed by atoms with Gasteiger partial charge in [-0.2, -0.15) is 0 Å². The third kappa shape index (κ3) is 1.87. The molecule has 0 radical (unpaired) electrons. The molecule has 0 bridgehead atoms. The van der Waals surface area contributed by atoms with E-state index in [9.17, 15) is 0 Å². The smallest absolute Gasteiger partial charge is 0.220 e. The van der Waals surface area contributed by atoms with E-state index >= 15 is 0 Å². The summed E-state index contributed by atoms with van der Waals surface area (Å²) in [5, 5.41) is 4.28. The van der Waals surface area contributed by atoms with Crippen LogP contribution in [-0.4, -0.2) is 41.1 Å². The second kappa shape index (κ2) is 4.14. The lowest BCUT2D eigenvalue weighted by atomic mass is 10.2. The number of nitrogens with two attached hydrogens (primary N) is 1. The molecule has 0 unspecified atom stereocenters. The zero-order valence-corrected chi connectivity index (χ0v) is 9.43. The lowest BCUT2D eigenvalue weighted by Gasteiger charge is -2.29. The molecule has 2 aromatic heterocycles. The third-order valence-corrected chi connectivity index (χ3v) is 2.92. The first kappa shape index (κ1) is 10.2. The Hall–Kier alpha value is -1.95. The molecular formula is C11H14N6. The SMILES string of the molecule is Nc1ncc2c(N3CCNCC3)nccc2n1. The van der Waals surface area contributed by atoms with Gasteiger partial charge in [-0.3, -0.25) is 0 Å². The van der Waals surface area contributed by atoms with E-state index in [0.717, 1.165) is 42.9 Å². The molecule has 1 aliphatic rings. The molecule has 1 aliphatic heterocycles. The second-order valence-corrected chi connectivity index (χ2v) is 4.03. The van der Waals surface area contributed by atoms with Crippen LogP contribution < -0.4 is 16.0 Å². The average molecular weight is 230 g/mol. The molecule has 0 amide bonds. The number of piperazine rings is 1. The minimum absolute atomic E-state index is 0.301. The number of nitrogens with zero attached hydrogens (tertiary/aromatic N) is 4. The van der Waals surface area contributed by atoms with Crippen LogP contribution in [0.5, 0.6) is 0 Å². The van der Waals surface area contributed by atoms with Crippen molar-refractivity contribution in [1.29, 1.82) is 0 Å². The minimum Gasteiger partial charge on any atom is -0.368 e. The monoisotopic (exact) mass is 230 g/mol. The van der Waals surface area contributed by atoms with Crippen LogP contribution in [0.3, 0.4) is 0 Å². The second-order valence-electron chi connectivity index (χ2n) is 4.03. The number of pyridine rings is 1. The Morgan fingerprint density at radius 3 is 2.88 bits per heavy atom. The molecule has 1 fully saturated rings. The number of rotatable bonds is 1. The van der Waals surface area contributed by atoms with Crippen molar-refractivity contribution in [3.63, 3.8) is 0 Å². The van der Waals surface area contributed by atoms with Crippen LogP contribution in [0.2, 0.25) is 0 Å². The van der Waals surface area contributed by atoms with Gasteiger partial charge >= 0.3 is 0 Å². The Morgan fingerprint density at radius 2 is 2.06 bits per heavy atom. The van der Waals surface area contributed by atoms with Gasteiger partial charge < -0.3 is 16.0 Å². The summed E-state index contributed by atoms with van der Waals surface area (Å²) < 4.78 is 0. The molecule has 1 saturated heterocycles. The van der Waals surface area contributed by atoms with E-state index < -0.39 is 0 Å². The van der Waals surface area contributed by atoms with Gasteiger partial charge in [-0.25, -0.2) is 15.0 Å². The Labute approximate surface area is 98.9 Å². The Bertz CT molecular complexity index is 534. The molecule has 0 atom stereocenters. The lowest BCUT2D eigenvalue weighted by molar-refractivity contribution is 0.586. The zero-order valence-electron chi connectivity index (χ0n) is 9.43. The molecule has 0 spiro atoms. The van der Waals surface area contributed by atoms with Gasteiger partial charge in [0.1, 0.15) is 5.82 Å². The van der Waals surface area contributed by atoms with Crippen molar-refractivity contribution in [1.82, 2.24) is 20.3 Å². The van der Waals surface area contributed by atoms with Gasteiger partial charge in [0.2, 0.25) is 5.95 Å². The fraction of sp³-hybridized carbons (Fsp3) is 0.364. The Morgan fingerprint density at radius 1 is 1.24 bits per heavy atom. The summed E-state index contributed by atoms with van der Waals surface area (Å²) in [4.78, 5) is 14.9. The van der Waals surface area contributed by atoms with E-state index in [4.69, 9.17) is 5.73 Å². The number of hydrogen-bond acceptors (Lipinski definition) is 6. The van der Waals surface area contributed by atoms with E-state index in [1.807, 2.05) is 6.07 Å². The van der Waals surface area contributed by atoms with E-state index in [2.05, 4.69) is 25.2 Å². The highest BCUT2D eigenvalue weighted by Gasteiger charge is 2.14. The van der Waals surface area contributed by atoms with Crippen LogP contribution in [0, 0.1) is 0 Å². The molecule has 0 aliphatic carbocycles. The van der Waals surface area contributed by atoms with Crippen molar-refractivity contribution in [2.75, 3.05) is 36.8 Å². The quantitative estimate of drug-likeness (QED) is 0.718. The fourth-order valence-corrected chi connectivity index (χ4v) is 2.09. The Balaban J connectivity index is 2.09. The van der Waals surface area contributed by atoms with E-state index in [0.29, 0.717) is 5.95 Å². The molecule has 2 aromatic rings. The summed E-state index contributed by atoms with van der Waals surface area (Å²) in [6.07, 6.45) is 3.52. The van der Waals surface area contributed by atoms with Crippen molar-refractivity contribution >= 4 is 22.7 Å². The molecule has 3 rings (SSSR count). The molecule has 3 heterocycles. The maximum atomic E-state index is 5.59. The number of fused-ring (bicyclic) bond motifs is 1. The molecule has 88 valence electrons. The largest absolute Gasteiger partial charge is 0.368 e. The van der Waals surface area contributed by atoms with Crippen molar-refractivity contribution in [2.24, 2.45) is 0 Å². The zero-order chi connectivity index (χ0) is 11.7. The van der Waals surface area contributed by atoms with Crippen molar-refractivity contribution in [3.05, 3.63) is 18.5 Å². The number of anilines is 2. The van der Waals surface area contributed by atoms with Crippen LogP contribution in [0.15, 0.2) is 18.5 Å². The van der Waals surface area contributed by atoms with Gasteiger partial charge in [0.05, 0.1) is 10.9 Å². The van der Waals surface area contributed by atoms with Gasteiger partial charge in [0.15, 0.2) is 0 Å². The number of aromatic nitrogens is 3. The van der Waals surface area contributed by atoms with Crippen molar-refractivity contribution in [2.45, 2.75) is 0 Å². The topological polar surface area (TPSA) is 80.0 Å². The van der Waals surface area contributed by atoms with Crippen molar-refractivity contribution in [3.8, 4) is 0 Å². The molecule has 0 saturated carbocycles. The van der Waals surface area contributed by atoms with Crippen LogP contribution in [0.25, 0.3) is 10.9 Å². The standard InChI is InChI=1S/C11H14N6/c12-11-15-7-8-9(16-11)1-2-14-10(8)17-5-3-13-4-6-17/h1-2,7,13H,3-6H2,(H2,12,15,16). The van der Waals surface area contributed by atoms with Gasteiger partial charge in [0.25, 0.3) is 0 Å².